The van der Waals surface area contributed by atoms with Gasteiger partial charge in [-0.25, -0.2) is 0 Å². The third-order valence-corrected chi connectivity index (χ3v) is 0. The summed E-state index contributed by atoms with van der Waals surface area (Å²) in [5.41, 5.74) is 0. The third kappa shape index (κ3) is 38.9. The van der Waals surface area contributed by atoms with Crippen LogP contribution < -0.4 is 0 Å². The fourth-order valence-electron chi connectivity index (χ4n) is 0. The summed E-state index contributed by atoms with van der Waals surface area (Å²) in [6.07, 6.45) is 0. The van der Waals surface area contributed by atoms with E-state index in [2.05, 4.69) is 0 Å². The van der Waals surface area contributed by atoms with Crippen molar-refractivity contribution in [2.24, 2.45) is 0 Å². The second kappa shape index (κ2) is 49.0. The van der Waals surface area contributed by atoms with Gasteiger partial charge in [0, 0.05) is 110 Å². The van der Waals surface area contributed by atoms with Gasteiger partial charge in [-0.2, -0.15) is 0 Å². The van der Waals surface area contributed by atoms with Crippen molar-refractivity contribution in [3.05, 3.63) is 0 Å². The van der Waals surface area contributed by atoms with Gasteiger partial charge in [-0.1, -0.05) is 0 Å². The first-order valence-corrected chi connectivity index (χ1v) is 0. The summed E-state index contributed by atoms with van der Waals surface area (Å²) in [6.45, 7) is 0. The van der Waals surface area contributed by atoms with Crippen LogP contribution in [-0.2, 0) is 110 Å². The molecule has 0 aliphatic rings. The van der Waals surface area contributed by atoms with Crippen LogP contribution in [0.25, 0.3) is 0 Å². The van der Waals surface area contributed by atoms with Crippen molar-refractivity contribution in [2.45, 2.75) is 0 Å². The monoisotopic (exact) mass is 364 g/mol. The van der Waals surface area contributed by atoms with Gasteiger partial charge in [-0.3, -0.25) is 0 Å². The Hall–Kier alpha value is 4.19. The topological polar surface area (TPSA) is 0 Å². The molecule has 0 N–H and O–H groups in total. The molecular weight excluding hydrogens is 364 g/mol. The average molecular weight is 366 g/mol. The van der Waals surface area contributed by atoms with Crippen LogP contribution >= 0.6 is 0 Å². The summed E-state index contributed by atoms with van der Waals surface area (Å²) in [5, 5.41) is 0. The Morgan fingerprint density at radius 1 is 1.00 bits per heavy atom. The van der Waals surface area contributed by atoms with Crippen LogP contribution in [0.2, 0.25) is 0 Å². The molecule has 0 heterocycles. The molecule has 0 bridgehead atoms. The van der Waals surface area contributed by atoms with Crippen LogP contribution in [0.15, 0.2) is 0 Å². The molecule has 0 nitrogen and oxygen atoms in total. The van der Waals surface area contributed by atoms with Crippen molar-refractivity contribution in [3.63, 3.8) is 0 Å². The molecular formula is H2CrCuFeMgMnTiZn. The molecule has 0 aromatic heterocycles. The summed E-state index contributed by atoms with van der Waals surface area (Å²) >= 11 is 0. The largest absolute Gasteiger partial charge is 0.316 e. The van der Waals surface area contributed by atoms with E-state index in [0.717, 1.165) is 0 Å². The molecule has 7 heteroatoms. The minimum absolute atomic E-state index is 0. The van der Waals surface area contributed by atoms with Crippen molar-refractivity contribution in [1.82, 2.24) is 0 Å². The van der Waals surface area contributed by atoms with Crippen LogP contribution in [0, 0.1) is 0 Å². The van der Waals surface area contributed by atoms with E-state index in [4.69, 9.17) is 0 Å². The summed E-state index contributed by atoms with van der Waals surface area (Å²) in [6, 6.07) is 0. The molecule has 0 rings (SSSR count). The minimum atomic E-state index is 0. The van der Waals surface area contributed by atoms with E-state index in [0.29, 0.717) is 0 Å². The molecule has 42 valence electrons. The van der Waals surface area contributed by atoms with Crippen molar-refractivity contribution in [2.75, 3.05) is 0 Å². The third-order valence-electron chi connectivity index (χ3n) is 0. The van der Waals surface area contributed by atoms with Gasteiger partial charge in [0.25, 0.3) is 0 Å². The summed E-state index contributed by atoms with van der Waals surface area (Å²) in [5.74, 6) is 0. The van der Waals surface area contributed by atoms with E-state index in [1.165, 1.54) is 0 Å². The molecule has 0 aromatic carbocycles. The molecule has 0 saturated heterocycles. The van der Waals surface area contributed by atoms with Gasteiger partial charge in [0.1, 0.15) is 0 Å². The fraction of sp³-hybridized carbons (Fsp3) is 0. The van der Waals surface area contributed by atoms with E-state index >= 15 is 0 Å². The predicted molar refractivity (Wildman–Crippen MR) is 8.54 cm³/mol. The second-order valence-electron chi connectivity index (χ2n) is 0. The molecule has 7 heavy (non-hydrogen) atoms. The van der Waals surface area contributed by atoms with E-state index in [1.54, 1.807) is 0 Å². The molecule has 0 amide bonds. The minimum Gasteiger partial charge on any atom is 0 e. The molecule has 0 aromatic rings. The van der Waals surface area contributed by atoms with Crippen LogP contribution in [0.1, 0.15) is 0 Å². The maximum absolute atomic E-state index is 0. The maximum atomic E-state index is 0. The molecule has 0 atom stereocenters. The van der Waals surface area contributed by atoms with Gasteiger partial charge in [0.05, 0.1) is 0 Å². The molecule has 2 radical (unpaired) electrons. The van der Waals surface area contributed by atoms with Gasteiger partial charge in [0.15, 0.2) is 0 Å². The Labute approximate surface area is 130 Å². The first-order chi connectivity index (χ1) is 0. The van der Waals surface area contributed by atoms with Crippen molar-refractivity contribution >= 4 is 23.1 Å². The second-order valence-corrected chi connectivity index (χ2v) is 0. The summed E-state index contributed by atoms with van der Waals surface area (Å²) < 4.78 is 0. The Morgan fingerprint density at radius 3 is 1.00 bits per heavy atom. The molecule has 0 saturated carbocycles. The van der Waals surface area contributed by atoms with E-state index in [1.807, 2.05) is 0 Å². The average Bonchev–Trinajstić information content (AvgIpc) is 0. The number of hydrogen-bond donors (Lipinski definition) is 0. The molecule has 0 fully saturated rings. The number of hydrogen-bond acceptors (Lipinski definition) is 0. The molecule has 0 spiro atoms. The fourth-order valence-corrected chi connectivity index (χ4v) is 0. The molecule has 0 aliphatic heterocycles. The van der Waals surface area contributed by atoms with Gasteiger partial charge in [-0.05, 0) is 0 Å². The normalized spacial score (nSPS) is 0. The Bertz CT molecular complexity index is 19.7. The zero-order chi connectivity index (χ0) is 0. The first-order valence-electron chi connectivity index (χ1n) is 0. The zero-order valence-corrected chi connectivity index (χ0v) is 11.7. The van der Waals surface area contributed by atoms with Crippen molar-refractivity contribution in [1.29, 1.82) is 0 Å². The quantitative estimate of drug-likeness (QED) is 0.487. The maximum Gasteiger partial charge on any atom is 0.316 e. The Kier molecular flexibility index (Phi) is 463. The van der Waals surface area contributed by atoms with Gasteiger partial charge < -0.3 is 0 Å². The summed E-state index contributed by atoms with van der Waals surface area (Å²) in [7, 11) is 0. The van der Waals surface area contributed by atoms with Crippen LogP contribution in [0.5, 0.6) is 0 Å². The zero-order valence-electron chi connectivity index (χ0n) is 2.65. The van der Waals surface area contributed by atoms with Crippen molar-refractivity contribution in [3.8, 4) is 0 Å². The SMILES string of the molecule is [Cr].[Cu].[Fe].[MgH2].[Mn].[Ti].[Zn]. The molecule has 0 aliphatic carbocycles. The van der Waals surface area contributed by atoms with Crippen molar-refractivity contribution < 1.29 is 110 Å². The summed E-state index contributed by atoms with van der Waals surface area (Å²) in [4.78, 5) is 0. The standard InChI is InChI=1S/Cr.Cu.Fe.Mg.Mn.Ti.Zn.2H. The van der Waals surface area contributed by atoms with E-state index in [-0.39, 0.29) is 133 Å². The first kappa shape index (κ1) is 66.1. The van der Waals surface area contributed by atoms with Gasteiger partial charge >= 0.3 is 23.1 Å². The molecule has 0 unspecified atom stereocenters. The van der Waals surface area contributed by atoms with Crippen LogP contribution in [0.3, 0.4) is 0 Å². The van der Waals surface area contributed by atoms with Gasteiger partial charge in [0.2, 0.25) is 0 Å². The van der Waals surface area contributed by atoms with E-state index in [9.17, 15) is 0 Å². The van der Waals surface area contributed by atoms with Crippen LogP contribution in [-0.4, -0.2) is 23.1 Å². The predicted octanol–water partition coefficient (Wildman–Crippen LogP) is -0.931. The Morgan fingerprint density at radius 2 is 1.00 bits per heavy atom. The number of rotatable bonds is 0. The smallest absolute Gasteiger partial charge is 0 e. The van der Waals surface area contributed by atoms with E-state index < -0.39 is 0 Å². The Balaban J connectivity index is 0. The van der Waals surface area contributed by atoms with Crippen LogP contribution in [0.4, 0.5) is 0 Å². The van der Waals surface area contributed by atoms with Gasteiger partial charge in [-0.15, -0.1) is 0 Å².